The van der Waals surface area contributed by atoms with Crippen LogP contribution in [-0.4, -0.2) is 41.8 Å². The molecule has 1 aliphatic rings. The fourth-order valence-corrected chi connectivity index (χ4v) is 3.60. The van der Waals surface area contributed by atoms with Gasteiger partial charge in [-0.3, -0.25) is 9.59 Å². The van der Waals surface area contributed by atoms with Gasteiger partial charge in [0.15, 0.2) is 0 Å². The Hall–Kier alpha value is -2.10. The Morgan fingerprint density at radius 1 is 1.48 bits per heavy atom. The highest BCUT2D eigenvalue weighted by Crippen LogP contribution is 2.29. The van der Waals surface area contributed by atoms with E-state index in [-0.39, 0.29) is 29.8 Å². The maximum absolute atomic E-state index is 13.3. The van der Waals surface area contributed by atoms with E-state index in [0.29, 0.717) is 30.5 Å². The van der Waals surface area contributed by atoms with Crippen molar-refractivity contribution in [2.24, 2.45) is 5.92 Å². The second-order valence-corrected chi connectivity index (χ2v) is 7.41. The van der Waals surface area contributed by atoms with Gasteiger partial charge in [-0.2, -0.15) is 0 Å². The summed E-state index contributed by atoms with van der Waals surface area (Å²) in [4.78, 5) is 26.2. The first-order valence-corrected chi connectivity index (χ1v) is 9.63. The van der Waals surface area contributed by atoms with Gasteiger partial charge in [-0.15, -0.1) is 10.2 Å². The molecule has 3 rings (SSSR count). The number of halogens is 2. The number of nitrogens with one attached hydrogen (secondary N) is 1. The topological polar surface area (TPSA) is 84.4 Å². The standard InChI is InChI=1S/C17H18ClFN4O3S/c1-2-26-6-5-14-21-22-17(27-14)20-16(25)10-7-15(24)23(9-10)11-3-4-13(19)12(18)8-11/h3-4,8,10H,2,5-7,9H2,1H3,(H,20,22,25). The molecule has 1 aliphatic heterocycles. The number of nitrogens with zero attached hydrogens (tertiary/aromatic N) is 3. The van der Waals surface area contributed by atoms with E-state index in [1.807, 2.05) is 6.92 Å². The fourth-order valence-electron chi connectivity index (χ4n) is 2.70. The summed E-state index contributed by atoms with van der Waals surface area (Å²) < 4.78 is 18.6. The molecule has 0 aliphatic carbocycles. The average molecular weight is 413 g/mol. The number of rotatable bonds is 7. The van der Waals surface area contributed by atoms with Crippen LogP contribution in [0, 0.1) is 11.7 Å². The van der Waals surface area contributed by atoms with E-state index in [0.717, 1.165) is 5.01 Å². The first-order valence-electron chi connectivity index (χ1n) is 8.44. The molecule has 1 fully saturated rings. The van der Waals surface area contributed by atoms with Crippen molar-refractivity contribution in [1.29, 1.82) is 0 Å². The maximum atomic E-state index is 13.3. The van der Waals surface area contributed by atoms with Crippen LogP contribution in [0.1, 0.15) is 18.4 Å². The van der Waals surface area contributed by atoms with Crippen molar-refractivity contribution in [3.63, 3.8) is 0 Å². The quantitative estimate of drug-likeness (QED) is 0.707. The first kappa shape index (κ1) is 19.7. The lowest BCUT2D eigenvalue weighted by Crippen LogP contribution is -2.28. The molecule has 0 saturated carbocycles. The Bertz CT molecular complexity index is 847. The molecule has 7 nitrogen and oxygen atoms in total. The number of aromatic nitrogens is 2. The molecule has 10 heteroatoms. The Morgan fingerprint density at radius 3 is 3.04 bits per heavy atom. The van der Waals surface area contributed by atoms with Gasteiger partial charge in [-0.25, -0.2) is 4.39 Å². The van der Waals surface area contributed by atoms with E-state index in [1.54, 1.807) is 0 Å². The molecule has 0 radical (unpaired) electrons. The van der Waals surface area contributed by atoms with Gasteiger partial charge in [-0.1, -0.05) is 22.9 Å². The predicted octanol–water partition coefficient (Wildman–Crippen LogP) is 2.90. The van der Waals surface area contributed by atoms with E-state index < -0.39 is 11.7 Å². The van der Waals surface area contributed by atoms with E-state index in [4.69, 9.17) is 16.3 Å². The zero-order valence-corrected chi connectivity index (χ0v) is 16.1. The van der Waals surface area contributed by atoms with Crippen LogP contribution in [-0.2, 0) is 20.7 Å². The van der Waals surface area contributed by atoms with Crippen molar-refractivity contribution in [2.75, 3.05) is 30.0 Å². The van der Waals surface area contributed by atoms with Gasteiger partial charge in [0.05, 0.1) is 17.5 Å². The molecule has 1 saturated heterocycles. The number of amides is 2. The second-order valence-electron chi connectivity index (χ2n) is 5.94. The van der Waals surface area contributed by atoms with Gasteiger partial charge in [0.25, 0.3) is 0 Å². The van der Waals surface area contributed by atoms with Crippen LogP contribution in [0.5, 0.6) is 0 Å². The monoisotopic (exact) mass is 412 g/mol. The molecule has 2 aromatic rings. The van der Waals surface area contributed by atoms with Gasteiger partial charge < -0.3 is 15.0 Å². The molecule has 144 valence electrons. The number of carbonyl (C=O) groups is 2. The Labute approximate surface area is 164 Å². The minimum atomic E-state index is -0.558. The van der Waals surface area contributed by atoms with Crippen molar-refractivity contribution in [1.82, 2.24) is 10.2 Å². The third-order valence-corrected chi connectivity index (χ3v) is 5.26. The second kappa shape index (κ2) is 8.73. The molecule has 1 atom stereocenters. The molecular weight excluding hydrogens is 395 g/mol. The Balaban J connectivity index is 1.59. The van der Waals surface area contributed by atoms with E-state index >= 15 is 0 Å². The third kappa shape index (κ3) is 4.79. The highest BCUT2D eigenvalue weighted by molar-refractivity contribution is 7.15. The molecule has 1 aromatic heterocycles. The average Bonchev–Trinajstić information content (AvgIpc) is 3.24. The van der Waals surface area contributed by atoms with Crippen LogP contribution in [0.15, 0.2) is 18.2 Å². The summed E-state index contributed by atoms with van der Waals surface area (Å²) in [6.45, 7) is 3.29. The lowest BCUT2D eigenvalue weighted by atomic mass is 10.1. The minimum absolute atomic E-state index is 0.0663. The highest BCUT2D eigenvalue weighted by Gasteiger charge is 2.35. The SMILES string of the molecule is CCOCCc1nnc(NC(=O)C2CC(=O)N(c3ccc(F)c(Cl)c3)C2)s1. The van der Waals surface area contributed by atoms with Gasteiger partial charge in [0.1, 0.15) is 10.8 Å². The number of anilines is 2. The van der Waals surface area contributed by atoms with Crippen molar-refractivity contribution < 1.29 is 18.7 Å². The number of hydrogen-bond acceptors (Lipinski definition) is 6. The zero-order chi connectivity index (χ0) is 19.4. The Kier molecular flexibility index (Phi) is 6.35. The van der Waals surface area contributed by atoms with Crippen molar-refractivity contribution >= 4 is 45.6 Å². The number of benzene rings is 1. The molecule has 27 heavy (non-hydrogen) atoms. The van der Waals surface area contributed by atoms with Crippen LogP contribution in [0.2, 0.25) is 5.02 Å². The van der Waals surface area contributed by atoms with Crippen molar-refractivity contribution in [2.45, 2.75) is 19.8 Å². The Morgan fingerprint density at radius 2 is 2.30 bits per heavy atom. The molecule has 2 amide bonds. The van der Waals surface area contributed by atoms with Crippen molar-refractivity contribution in [3.05, 3.63) is 34.0 Å². The van der Waals surface area contributed by atoms with Crippen LogP contribution in [0.3, 0.4) is 0 Å². The van der Waals surface area contributed by atoms with Crippen LogP contribution in [0.4, 0.5) is 15.2 Å². The van der Waals surface area contributed by atoms with Crippen LogP contribution >= 0.6 is 22.9 Å². The molecule has 1 N–H and O–H groups in total. The summed E-state index contributed by atoms with van der Waals surface area (Å²) in [6, 6.07) is 4.04. The lowest BCUT2D eigenvalue weighted by molar-refractivity contribution is -0.122. The molecule has 1 aromatic carbocycles. The summed E-state index contributed by atoms with van der Waals surface area (Å²) in [5, 5.41) is 11.8. The number of carbonyl (C=O) groups excluding carboxylic acids is 2. The van der Waals surface area contributed by atoms with Gasteiger partial charge >= 0.3 is 0 Å². The molecule has 0 spiro atoms. The maximum Gasteiger partial charge on any atom is 0.231 e. The lowest BCUT2D eigenvalue weighted by Gasteiger charge is -2.17. The van der Waals surface area contributed by atoms with Gasteiger partial charge in [0, 0.05) is 31.7 Å². The summed E-state index contributed by atoms with van der Waals surface area (Å²) in [5.41, 5.74) is 0.468. The smallest absolute Gasteiger partial charge is 0.231 e. The molecule has 2 heterocycles. The normalized spacial score (nSPS) is 16.8. The first-order chi connectivity index (χ1) is 13.0. The van der Waals surface area contributed by atoms with E-state index in [1.165, 1.54) is 34.4 Å². The summed E-state index contributed by atoms with van der Waals surface area (Å²) in [5.74, 6) is -1.60. The fraction of sp³-hybridized carbons (Fsp3) is 0.412. The van der Waals surface area contributed by atoms with Crippen molar-refractivity contribution in [3.8, 4) is 0 Å². The number of hydrogen-bond donors (Lipinski definition) is 1. The summed E-state index contributed by atoms with van der Waals surface area (Å²) in [7, 11) is 0. The summed E-state index contributed by atoms with van der Waals surface area (Å²) in [6.07, 6.45) is 0.694. The summed E-state index contributed by atoms with van der Waals surface area (Å²) >= 11 is 7.06. The van der Waals surface area contributed by atoms with Crippen LogP contribution < -0.4 is 10.2 Å². The number of ether oxygens (including phenoxy) is 1. The molecule has 0 bridgehead atoms. The molecular formula is C17H18ClFN4O3S. The van der Waals surface area contributed by atoms with E-state index in [2.05, 4.69) is 15.5 Å². The van der Waals surface area contributed by atoms with Gasteiger partial charge in [0.2, 0.25) is 16.9 Å². The van der Waals surface area contributed by atoms with E-state index in [9.17, 15) is 14.0 Å². The minimum Gasteiger partial charge on any atom is -0.381 e. The van der Waals surface area contributed by atoms with Crippen LogP contribution in [0.25, 0.3) is 0 Å². The predicted molar refractivity (Wildman–Crippen MR) is 101 cm³/mol. The third-order valence-electron chi connectivity index (χ3n) is 4.07. The largest absolute Gasteiger partial charge is 0.381 e. The van der Waals surface area contributed by atoms with Gasteiger partial charge in [-0.05, 0) is 25.1 Å². The zero-order valence-electron chi connectivity index (χ0n) is 14.6. The molecule has 1 unspecified atom stereocenters. The highest BCUT2D eigenvalue weighted by atomic mass is 35.5.